The van der Waals surface area contributed by atoms with Gasteiger partial charge in [0.1, 0.15) is 5.76 Å². The van der Waals surface area contributed by atoms with E-state index in [-0.39, 0.29) is 0 Å². The number of rotatable bonds is 4. The van der Waals surface area contributed by atoms with Crippen molar-refractivity contribution in [3.63, 3.8) is 0 Å². The third-order valence-corrected chi connectivity index (χ3v) is 6.14. The first-order valence-electron chi connectivity index (χ1n) is 8.03. The molecule has 1 aromatic rings. The molecule has 5 rings (SSSR count). The van der Waals surface area contributed by atoms with Crippen LogP contribution in [-0.2, 0) is 6.42 Å². The average Bonchev–Trinajstić information content (AvgIpc) is 2.89. The zero-order valence-electron chi connectivity index (χ0n) is 11.8. The van der Waals surface area contributed by atoms with Crippen molar-refractivity contribution in [2.24, 2.45) is 29.6 Å². The molecule has 19 heavy (non-hydrogen) atoms. The van der Waals surface area contributed by atoms with Crippen molar-refractivity contribution in [1.82, 2.24) is 5.32 Å². The monoisotopic (exact) mass is 259 g/mol. The van der Waals surface area contributed by atoms with E-state index >= 15 is 0 Å². The minimum absolute atomic E-state index is 0.612. The summed E-state index contributed by atoms with van der Waals surface area (Å²) < 4.78 is 5.57. The molecule has 4 aliphatic rings. The fourth-order valence-electron chi connectivity index (χ4n) is 5.70. The quantitative estimate of drug-likeness (QED) is 0.895. The highest BCUT2D eigenvalue weighted by Crippen LogP contribution is 2.57. The number of furan rings is 1. The molecule has 0 aromatic carbocycles. The molecule has 1 aromatic heterocycles. The summed E-state index contributed by atoms with van der Waals surface area (Å²) in [4.78, 5) is 0. The second kappa shape index (κ2) is 4.66. The molecule has 4 bridgehead atoms. The van der Waals surface area contributed by atoms with Crippen LogP contribution in [0.15, 0.2) is 22.8 Å². The molecule has 2 heteroatoms. The second-order valence-corrected chi connectivity index (χ2v) is 7.19. The van der Waals surface area contributed by atoms with Crippen molar-refractivity contribution in [3.8, 4) is 0 Å². The van der Waals surface area contributed by atoms with E-state index in [0.717, 1.165) is 41.8 Å². The van der Waals surface area contributed by atoms with Gasteiger partial charge in [-0.3, -0.25) is 0 Å². The molecular formula is C17H25NO. The van der Waals surface area contributed by atoms with Gasteiger partial charge in [-0.2, -0.15) is 0 Å². The van der Waals surface area contributed by atoms with Crippen LogP contribution in [0.3, 0.4) is 0 Å². The van der Waals surface area contributed by atoms with Crippen LogP contribution in [0.5, 0.6) is 0 Å². The van der Waals surface area contributed by atoms with Crippen molar-refractivity contribution < 1.29 is 4.42 Å². The van der Waals surface area contributed by atoms with Crippen LogP contribution in [0.2, 0.25) is 0 Å². The van der Waals surface area contributed by atoms with Crippen molar-refractivity contribution in [2.75, 3.05) is 7.05 Å². The SMILES string of the molecule is CNC(Cc1ccco1)C1C2CC3CC(C2)CC1C3. The fraction of sp³-hybridized carbons (Fsp3) is 0.765. The van der Waals surface area contributed by atoms with Gasteiger partial charge in [-0.25, -0.2) is 0 Å². The van der Waals surface area contributed by atoms with Crippen LogP contribution >= 0.6 is 0 Å². The van der Waals surface area contributed by atoms with E-state index in [1.165, 1.54) is 25.7 Å². The lowest BCUT2D eigenvalue weighted by molar-refractivity contribution is -0.0512. The normalized spacial score (nSPS) is 41.6. The Balaban J connectivity index is 1.53. The minimum Gasteiger partial charge on any atom is -0.469 e. The lowest BCUT2D eigenvalue weighted by Crippen LogP contribution is -2.53. The van der Waals surface area contributed by atoms with E-state index < -0.39 is 0 Å². The average molecular weight is 259 g/mol. The molecule has 4 fully saturated rings. The molecule has 1 unspecified atom stereocenters. The molecule has 0 saturated heterocycles. The highest BCUT2D eigenvalue weighted by atomic mass is 16.3. The third-order valence-electron chi connectivity index (χ3n) is 6.14. The molecule has 1 N–H and O–H groups in total. The molecule has 2 nitrogen and oxygen atoms in total. The van der Waals surface area contributed by atoms with Gasteiger partial charge in [0.05, 0.1) is 6.26 Å². The Morgan fingerprint density at radius 2 is 1.84 bits per heavy atom. The fourth-order valence-corrected chi connectivity index (χ4v) is 5.70. The lowest BCUT2D eigenvalue weighted by Gasteiger charge is -2.56. The van der Waals surface area contributed by atoms with Crippen LogP contribution < -0.4 is 5.32 Å². The van der Waals surface area contributed by atoms with Crippen molar-refractivity contribution in [2.45, 2.75) is 44.6 Å². The highest BCUT2D eigenvalue weighted by Gasteiger charge is 2.50. The van der Waals surface area contributed by atoms with E-state index in [2.05, 4.69) is 18.4 Å². The summed E-state index contributed by atoms with van der Waals surface area (Å²) in [5, 5.41) is 3.61. The number of hydrogen-bond donors (Lipinski definition) is 1. The topological polar surface area (TPSA) is 25.2 Å². The van der Waals surface area contributed by atoms with Crippen molar-refractivity contribution >= 4 is 0 Å². The van der Waals surface area contributed by atoms with E-state index in [4.69, 9.17) is 4.42 Å². The summed E-state index contributed by atoms with van der Waals surface area (Å²) in [5.74, 6) is 6.16. The molecule has 0 spiro atoms. The number of likely N-dealkylation sites (N-methyl/N-ethyl adjacent to an activating group) is 1. The maximum atomic E-state index is 5.57. The van der Waals surface area contributed by atoms with Crippen LogP contribution in [0, 0.1) is 29.6 Å². The van der Waals surface area contributed by atoms with Gasteiger partial charge in [0, 0.05) is 12.5 Å². The van der Waals surface area contributed by atoms with Crippen molar-refractivity contribution in [3.05, 3.63) is 24.2 Å². The second-order valence-electron chi connectivity index (χ2n) is 7.19. The third kappa shape index (κ3) is 2.05. The Bertz CT molecular complexity index is 396. The van der Waals surface area contributed by atoms with Gasteiger partial charge in [0.15, 0.2) is 0 Å². The summed E-state index contributed by atoms with van der Waals surface area (Å²) in [6, 6.07) is 4.75. The van der Waals surface area contributed by atoms with E-state index in [0.29, 0.717) is 6.04 Å². The Hall–Kier alpha value is -0.760. The van der Waals surface area contributed by atoms with E-state index in [9.17, 15) is 0 Å². The summed E-state index contributed by atoms with van der Waals surface area (Å²) in [7, 11) is 2.14. The van der Waals surface area contributed by atoms with E-state index in [1.54, 1.807) is 12.7 Å². The van der Waals surface area contributed by atoms with Gasteiger partial charge >= 0.3 is 0 Å². The van der Waals surface area contributed by atoms with Crippen LogP contribution in [-0.4, -0.2) is 13.1 Å². The first kappa shape index (κ1) is 12.0. The summed E-state index contributed by atoms with van der Waals surface area (Å²) in [6.45, 7) is 0. The smallest absolute Gasteiger partial charge is 0.105 e. The molecule has 0 radical (unpaired) electrons. The van der Waals surface area contributed by atoms with Gasteiger partial charge in [-0.05, 0) is 80.9 Å². The Morgan fingerprint density at radius 3 is 2.37 bits per heavy atom. The highest BCUT2D eigenvalue weighted by molar-refractivity contribution is 5.06. The van der Waals surface area contributed by atoms with Gasteiger partial charge in [-0.15, -0.1) is 0 Å². The molecule has 1 atom stereocenters. The van der Waals surface area contributed by atoms with Crippen LogP contribution in [0.25, 0.3) is 0 Å². The largest absolute Gasteiger partial charge is 0.469 e. The van der Waals surface area contributed by atoms with Crippen LogP contribution in [0.1, 0.15) is 37.9 Å². The summed E-state index contributed by atoms with van der Waals surface area (Å²) in [6.07, 6.45) is 10.4. The zero-order chi connectivity index (χ0) is 12.8. The zero-order valence-corrected chi connectivity index (χ0v) is 11.8. The molecule has 104 valence electrons. The minimum atomic E-state index is 0.612. The molecule has 1 heterocycles. The van der Waals surface area contributed by atoms with Gasteiger partial charge in [-0.1, -0.05) is 0 Å². The Labute approximate surface area is 116 Å². The molecule has 0 aliphatic heterocycles. The summed E-state index contributed by atoms with van der Waals surface area (Å²) >= 11 is 0. The Morgan fingerprint density at radius 1 is 1.16 bits per heavy atom. The molecule has 4 saturated carbocycles. The first-order chi connectivity index (χ1) is 9.33. The standard InChI is InChI=1S/C17H25NO/c1-18-16(10-15-3-2-4-19-15)17-13-6-11-5-12(8-13)9-14(17)7-11/h2-4,11-14,16-18H,5-10H2,1H3. The van der Waals surface area contributed by atoms with Crippen LogP contribution in [0.4, 0.5) is 0 Å². The number of hydrogen-bond acceptors (Lipinski definition) is 2. The first-order valence-corrected chi connectivity index (χ1v) is 8.03. The maximum Gasteiger partial charge on any atom is 0.105 e. The molecule has 4 aliphatic carbocycles. The predicted molar refractivity (Wildman–Crippen MR) is 75.8 cm³/mol. The molecular weight excluding hydrogens is 234 g/mol. The Kier molecular flexibility index (Phi) is 2.95. The number of nitrogens with one attached hydrogen (secondary N) is 1. The van der Waals surface area contributed by atoms with Crippen molar-refractivity contribution in [1.29, 1.82) is 0 Å². The van der Waals surface area contributed by atoms with Gasteiger partial charge in [0.25, 0.3) is 0 Å². The molecule has 0 amide bonds. The van der Waals surface area contributed by atoms with Gasteiger partial charge in [0.2, 0.25) is 0 Å². The van der Waals surface area contributed by atoms with Gasteiger partial charge < -0.3 is 9.73 Å². The predicted octanol–water partition coefficient (Wildman–Crippen LogP) is 3.48. The van der Waals surface area contributed by atoms with E-state index in [1.807, 2.05) is 6.07 Å². The lowest BCUT2D eigenvalue weighted by atomic mass is 9.50. The summed E-state index contributed by atoms with van der Waals surface area (Å²) in [5.41, 5.74) is 0. The maximum absolute atomic E-state index is 5.57.